The van der Waals surface area contributed by atoms with Crippen LogP contribution >= 0.6 is 11.6 Å². The Bertz CT molecular complexity index is 620. The standard InChI is InChI=1S/C14H17ClN4O/c1-9-4-5-10(7-11(9)15)19-14(12(8-16)17-18-19)13-3-2-6-20-13/h4-5,7,13H,2-3,6,8,16H2,1H3. The zero-order chi connectivity index (χ0) is 14.1. The largest absolute Gasteiger partial charge is 0.372 e. The molecule has 106 valence electrons. The van der Waals surface area contributed by atoms with Crippen LogP contribution in [0.25, 0.3) is 5.69 Å². The molecule has 20 heavy (non-hydrogen) atoms. The second kappa shape index (κ2) is 5.52. The third kappa shape index (κ3) is 2.32. The van der Waals surface area contributed by atoms with Crippen LogP contribution in [0.5, 0.6) is 0 Å². The Morgan fingerprint density at radius 3 is 3.00 bits per heavy atom. The van der Waals surface area contributed by atoms with Crippen LogP contribution in [0.15, 0.2) is 18.2 Å². The van der Waals surface area contributed by atoms with Crippen LogP contribution < -0.4 is 5.73 Å². The van der Waals surface area contributed by atoms with Gasteiger partial charge in [-0.15, -0.1) is 5.10 Å². The molecule has 1 atom stereocenters. The van der Waals surface area contributed by atoms with Crippen LogP contribution in [-0.4, -0.2) is 21.6 Å². The van der Waals surface area contributed by atoms with E-state index in [0.29, 0.717) is 11.6 Å². The lowest BCUT2D eigenvalue weighted by atomic mass is 10.1. The number of aromatic nitrogens is 3. The van der Waals surface area contributed by atoms with Crippen LogP contribution in [-0.2, 0) is 11.3 Å². The zero-order valence-corrected chi connectivity index (χ0v) is 12.1. The summed E-state index contributed by atoms with van der Waals surface area (Å²) < 4.78 is 7.56. The van der Waals surface area contributed by atoms with Crippen LogP contribution in [0.2, 0.25) is 5.02 Å². The second-order valence-corrected chi connectivity index (χ2v) is 5.38. The molecule has 3 rings (SSSR count). The van der Waals surface area contributed by atoms with Gasteiger partial charge in [0.05, 0.1) is 11.4 Å². The molecule has 2 N–H and O–H groups in total. The summed E-state index contributed by atoms with van der Waals surface area (Å²) in [5.41, 5.74) is 9.42. The maximum absolute atomic E-state index is 6.20. The van der Waals surface area contributed by atoms with E-state index >= 15 is 0 Å². The first kappa shape index (κ1) is 13.5. The quantitative estimate of drug-likeness (QED) is 0.944. The molecule has 1 aliphatic heterocycles. The Morgan fingerprint density at radius 1 is 1.50 bits per heavy atom. The van der Waals surface area contributed by atoms with Gasteiger partial charge in [-0.25, -0.2) is 4.68 Å². The number of nitrogens with two attached hydrogens (primary N) is 1. The molecule has 0 radical (unpaired) electrons. The van der Waals surface area contributed by atoms with Gasteiger partial charge in [-0.2, -0.15) is 0 Å². The van der Waals surface area contributed by atoms with Gasteiger partial charge in [0.2, 0.25) is 0 Å². The smallest absolute Gasteiger partial charge is 0.103 e. The van der Waals surface area contributed by atoms with Crippen molar-refractivity contribution >= 4 is 11.6 Å². The van der Waals surface area contributed by atoms with Crippen molar-refractivity contribution in [3.05, 3.63) is 40.2 Å². The molecule has 1 aliphatic rings. The van der Waals surface area contributed by atoms with Gasteiger partial charge >= 0.3 is 0 Å². The molecule has 5 nitrogen and oxygen atoms in total. The number of nitrogens with zero attached hydrogens (tertiary/aromatic N) is 3. The topological polar surface area (TPSA) is 66.0 Å². The maximum Gasteiger partial charge on any atom is 0.103 e. The van der Waals surface area contributed by atoms with E-state index < -0.39 is 0 Å². The van der Waals surface area contributed by atoms with E-state index in [9.17, 15) is 0 Å². The summed E-state index contributed by atoms with van der Waals surface area (Å²) in [5.74, 6) is 0. The number of hydrogen-bond acceptors (Lipinski definition) is 4. The van der Waals surface area contributed by atoms with E-state index in [0.717, 1.165) is 42.1 Å². The van der Waals surface area contributed by atoms with Crippen molar-refractivity contribution in [2.45, 2.75) is 32.4 Å². The van der Waals surface area contributed by atoms with Gasteiger partial charge in [-0.3, -0.25) is 0 Å². The number of benzene rings is 1. The minimum absolute atomic E-state index is 0.0172. The van der Waals surface area contributed by atoms with Gasteiger partial charge in [0, 0.05) is 18.2 Å². The monoisotopic (exact) mass is 292 g/mol. The molecule has 1 aromatic carbocycles. The first-order chi connectivity index (χ1) is 9.70. The molecule has 0 aliphatic carbocycles. The van der Waals surface area contributed by atoms with E-state index in [-0.39, 0.29) is 6.10 Å². The summed E-state index contributed by atoms with van der Waals surface area (Å²) in [6.07, 6.45) is 2.04. The SMILES string of the molecule is Cc1ccc(-n2nnc(CN)c2C2CCCO2)cc1Cl. The molecule has 1 unspecified atom stereocenters. The predicted molar refractivity (Wildman–Crippen MR) is 76.9 cm³/mol. The summed E-state index contributed by atoms with van der Waals surface area (Å²) in [5, 5.41) is 9.11. The van der Waals surface area contributed by atoms with Gasteiger partial charge in [0.1, 0.15) is 11.8 Å². The summed E-state index contributed by atoms with van der Waals surface area (Å²) >= 11 is 6.20. The Hall–Kier alpha value is -1.43. The first-order valence-electron chi connectivity index (χ1n) is 6.73. The number of halogens is 1. The molecule has 0 saturated carbocycles. The molecule has 6 heteroatoms. The van der Waals surface area contributed by atoms with E-state index in [4.69, 9.17) is 22.1 Å². The highest BCUT2D eigenvalue weighted by Gasteiger charge is 2.26. The molecular formula is C14H17ClN4O. The van der Waals surface area contributed by atoms with E-state index in [1.807, 2.05) is 25.1 Å². The molecule has 0 spiro atoms. The molecule has 1 aromatic heterocycles. The van der Waals surface area contributed by atoms with Crippen molar-refractivity contribution in [3.8, 4) is 5.69 Å². The lowest BCUT2D eigenvalue weighted by Gasteiger charge is -2.14. The minimum Gasteiger partial charge on any atom is -0.372 e. The molecule has 2 aromatic rings. The fourth-order valence-electron chi connectivity index (χ4n) is 2.49. The van der Waals surface area contributed by atoms with Crippen molar-refractivity contribution in [1.82, 2.24) is 15.0 Å². The molecule has 0 amide bonds. The van der Waals surface area contributed by atoms with E-state index in [2.05, 4.69) is 10.3 Å². The van der Waals surface area contributed by atoms with Crippen molar-refractivity contribution in [2.75, 3.05) is 6.61 Å². The normalized spacial score (nSPS) is 18.6. The third-order valence-electron chi connectivity index (χ3n) is 3.61. The van der Waals surface area contributed by atoms with E-state index in [1.165, 1.54) is 0 Å². The van der Waals surface area contributed by atoms with Crippen LogP contribution in [0.3, 0.4) is 0 Å². The van der Waals surface area contributed by atoms with Crippen molar-refractivity contribution in [1.29, 1.82) is 0 Å². The number of ether oxygens (including phenoxy) is 1. The average Bonchev–Trinajstić information content (AvgIpc) is 3.09. The molecular weight excluding hydrogens is 276 g/mol. The Balaban J connectivity index is 2.08. The first-order valence-corrected chi connectivity index (χ1v) is 7.11. The predicted octanol–water partition coefficient (Wildman–Crippen LogP) is 2.54. The summed E-state index contributed by atoms with van der Waals surface area (Å²) in [6.45, 7) is 3.10. The summed E-state index contributed by atoms with van der Waals surface area (Å²) in [7, 11) is 0. The fourth-order valence-corrected chi connectivity index (χ4v) is 2.66. The van der Waals surface area contributed by atoms with Crippen molar-refractivity contribution in [2.24, 2.45) is 5.73 Å². The third-order valence-corrected chi connectivity index (χ3v) is 4.01. The van der Waals surface area contributed by atoms with Gasteiger partial charge in [-0.05, 0) is 37.5 Å². The number of rotatable bonds is 3. The van der Waals surface area contributed by atoms with Gasteiger partial charge in [-0.1, -0.05) is 22.9 Å². The van der Waals surface area contributed by atoms with Gasteiger partial charge in [0.25, 0.3) is 0 Å². The average molecular weight is 293 g/mol. The van der Waals surface area contributed by atoms with Crippen LogP contribution in [0.1, 0.15) is 35.9 Å². The van der Waals surface area contributed by atoms with Crippen LogP contribution in [0, 0.1) is 6.92 Å². The molecule has 0 bridgehead atoms. The van der Waals surface area contributed by atoms with Gasteiger partial charge < -0.3 is 10.5 Å². The van der Waals surface area contributed by atoms with E-state index in [1.54, 1.807) is 4.68 Å². The summed E-state index contributed by atoms with van der Waals surface area (Å²) in [6, 6.07) is 5.85. The lowest BCUT2D eigenvalue weighted by Crippen LogP contribution is -2.11. The summed E-state index contributed by atoms with van der Waals surface area (Å²) in [4.78, 5) is 0. The molecule has 1 saturated heterocycles. The lowest BCUT2D eigenvalue weighted by molar-refractivity contribution is 0.106. The fraction of sp³-hybridized carbons (Fsp3) is 0.429. The number of hydrogen-bond donors (Lipinski definition) is 1. The van der Waals surface area contributed by atoms with Crippen molar-refractivity contribution in [3.63, 3.8) is 0 Å². The Morgan fingerprint density at radius 2 is 2.35 bits per heavy atom. The maximum atomic E-state index is 6.20. The highest BCUT2D eigenvalue weighted by atomic mass is 35.5. The van der Waals surface area contributed by atoms with Crippen LogP contribution in [0.4, 0.5) is 0 Å². The highest BCUT2D eigenvalue weighted by Crippen LogP contribution is 2.32. The van der Waals surface area contributed by atoms with Gasteiger partial charge in [0.15, 0.2) is 0 Å². The zero-order valence-electron chi connectivity index (χ0n) is 11.3. The minimum atomic E-state index is 0.0172. The second-order valence-electron chi connectivity index (χ2n) is 4.97. The molecule has 1 fully saturated rings. The Labute approximate surface area is 122 Å². The Kier molecular flexibility index (Phi) is 3.74. The number of aryl methyl sites for hydroxylation is 1. The van der Waals surface area contributed by atoms with Crippen molar-refractivity contribution < 1.29 is 4.74 Å². The molecule has 2 heterocycles. The highest BCUT2D eigenvalue weighted by molar-refractivity contribution is 6.31.